The van der Waals surface area contributed by atoms with Gasteiger partial charge in [0.1, 0.15) is 0 Å². The maximum Gasteiger partial charge on any atom is 0.264 e. The van der Waals surface area contributed by atoms with Crippen molar-refractivity contribution in [3.63, 3.8) is 0 Å². The van der Waals surface area contributed by atoms with E-state index >= 15 is 0 Å². The molecule has 0 aliphatic carbocycles. The number of fused-ring (bicyclic) bond motifs is 1. The minimum atomic E-state index is -0.439. The van der Waals surface area contributed by atoms with Gasteiger partial charge in [0.2, 0.25) is 10.2 Å². The van der Waals surface area contributed by atoms with Gasteiger partial charge in [0.25, 0.3) is 12.6 Å². The summed E-state index contributed by atoms with van der Waals surface area (Å²) in [6, 6.07) is 0. The van der Waals surface area contributed by atoms with E-state index < -0.39 is 12.6 Å². The molecule has 0 radical (unpaired) electrons. The van der Waals surface area contributed by atoms with Crippen molar-refractivity contribution in [1.29, 1.82) is 0 Å². The second kappa shape index (κ2) is 6.29. The van der Waals surface area contributed by atoms with E-state index in [1.54, 1.807) is 23.5 Å². The lowest BCUT2D eigenvalue weighted by atomic mass is 10.5. The van der Waals surface area contributed by atoms with E-state index in [1.165, 1.54) is 28.5 Å². The third-order valence-corrected chi connectivity index (χ3v) is 11.8. The predicted octanol–water partition coefficient (Wildman–Crippen LogP) is 4.55. The summed E-state index contributed by atoms with van der Waals surface area (Å²) in [5.74, 6) is 2.41. The summed E-state index contributed by atoms with van der Waals surface area (Å²) in [6.45, 7) is 1.10. The van der Waals surface area contributed by atoms with Crippen LogP contribution in [0, 0.1) is 0 Å². The molecule has 2 atom stereocenters. The van der Waals surface area contributed by atoms with Crippen LogP contribution < -0.4 is 0 Å². The molecule has 0 saturated carbocycles. The standard InChI is InChI=1S/C12H10O4S6/c1-2-14-6-5(13-1)15-7-8(16-6)20-11(19-7)12-21-9-10(22-12)18-4-3-17-9/h5-6H,1-4H2. The van der Waals surface area contributed by atoms with Gasteiger partial charge in [0.05, 0.1) is 30.2 Å². The van der Waals surface area contributed by atoms with Gasteiger partial charge in [-0.2, -0.15) is 0 Å². The smallest absolute Gasteiger partial charge is 0.264 e. The average Bonchev–Trinajstić information content (AvgIpc) is 3.15. The summed E-state index contributed by atoms with van der Waals surface area (Å²) in [7, 11) is 0. The molecular formula is C12H10O4S6. The topological polar surface area (TPSA) is 36.9 Å². The highest BCUT2D eigenvalue weighted by Crippen LogP contribution is 2.65. The van der Waals surface area contributed by atoms with Crippen molar-refractivity contribution in [3.8, 4) is 0 Å². The Bertz CT molecular complexity index is 567. The first-order chi connectivity index (χ1) is 10.9. The predicted molar refractivity (Wildman–Crippen MR) is 98.0 cm³/mol. The van der Waals surface area contributed by atoms with Crippen LogP contribution in [0.25, 0.3) is 0 Å². The van der Waals surface area contributed by atoms with Crippen LogP contribution in [0.3, 0.4) is 0 Å². The van der Waals surface area contributed by atoms with Crippen molar-refractivity contribution in [2.24, 2.45) is 0 Å². The van der Waals surface area contributed by atoms with Crippen LogP contribution in [0.15, 0.2) is 27.1 Å². The lowest BCUT2D eigenvalue weighted by molar-refractivity contribution is -0.309. The zero-order valence-electron chi connectivity index (χ0n) is 11.1. The van der Waals surface area contributed by atoms with Gasteiger partial charge in [-0.05, 0) is 23.5 Å². The highest BCUT2D eigenvalue weighted by molar-refractivity contribution is 8.43. The van der Waals surface area contributed by atoms with Gasteiger partial charge in [0, 0.05) is 11.5 Å². The molecule has 0 aromatic rings. The van der Waals surface area contributed by atoms with Crippen LogP contribution in [-0.2, 0) is 18.9 Å². The Morgan fingerprint density at radius 3 is 1.68 bits per heavy atom. The van der Waals surface area contributed by atoms with Gasteiger partial charge in [0.15, 0.2) is 0 Å². The maximum atomic E-state index is 5.90. The molecule has 1 fully saturated rings. The third-order valence-electron chi connectivity index (χ3n) is 3.11. The zero-order chi connectivity index (χ0) is 14.5. The lowest BCUT2D eigenvalue weighted by Crippen LogP contribution is -2.43. The molecular weight excluding hydrogens is 401 g/mol. The molecule has 22 heavy (non-hydrogen) atoms. The van der Waals surface area contributed by atoms with Crippen molar-refractivity contribution < 1.29 is 18.9 Å². The summed E-state index contributed by atoms with van der Waals surface area (Å²) in [5, 5.41) is 1.62. The number of hydrogen-bond acceptors (Lipinski definition) is 10. The van der Waals surface area contributed by atoms with E-state index in [1.807, 2.05) is 47.0 Å². The Hall–Kier alpha value is 0.840. The lowest BCUT2D eigenvalue weighted by Gasteiger charge is -2.34. The summed E-state index contributed by atoms with van der Waals surface area (Å²) in [4.78, 5) is 0. The molecule has 118 valence electrons. The average molecular weight is 411 g/mol. The van der Waals surface area contributed by atoms with Gasteiger partial charge in [-0.3, -0.25) is 0 Å². The Morgan fingerprint density at radius 2 is 1.14 bits per heavy atom. The fraction of sp³-hybridized carbons (Fsp3) is 0.500. The monoisotopic (exact) mass is 410 g/mol. The third kappa shape index (κ3) is 2.73. The number of thioether (sulfide) groups is 6. The Balaban J connectivity index is 1.34. The SMILES string of the molecule is C1COC2OC3=C(OC2O1)SC(=C1SC2=C(SCCS2)S1)S3. The number of ether oxygens (including phenoxy) is 4. The fourth-order valence-electron chi connectivity index (χ4n) is 2.18. The zero-order valence-corrected chi connectivity index (χ0v) is 16.0. The van der Waals surface area contributed by atoms with E-state index in [0.29, 0.717) is 13.2 Å². The Kier molecular flexibility index (Phi) is 4.32. The summed E-state index contributed by atoms with van der Waals surface area (Å²) in [5.41, 5.74) is 0. The van der Waals surface area contributed by atoms with Crippen LogP contribution in [0.2, 0.25) is 0 Å². The molecule has 5 aliphatic rings. The van der Waals surface area contributed by atoms with Crippen molar-refractivity contribution >= 4 is 70.6 Å². The number of hydrogen-bond donors (Lipinski definition) is 0. The molecule has 10 heteroatoms. The van der Waals surface area contributed by atoms with Gasteiger partial charge in [-0.1, -0.05) is 23.5 Å². The molecule has 2 unspecified atom stereocenters. The van der Waals surface area contributed by atoms with Gasteiger partial charge in [-0.15, -0.1) is 23.5 Å². The Morgan fingerprint density at radius 1 is 0.636 bits per heavy atom. The normalized spacial score (nSPS) is 34.2. The maximum absolute atomic E-state index is 5.90. The van der Waals surface area contributed by atoms with Crippen LogP contribution >= 0.6 is 70.6 Å². The fourth-order valence-corrected chi connectivity index (χ4v) is 10.7. The van der Waals surface area contributed by atoms with Crippen LogP contribution in [0.1, 0.15) is 0 Å². The second-order valence-electron chi connectivity index (χ2n) is 4.54. The van der Waals surface area contributed by atoms with E-state index in [0.717, 1.165) is 10.2 Å². The van der Waals surface area contributed by atoms with Gasteiger partial charge >= 0.3 is 0 Å². The molecule has 0 aromatic heterocycles. The quantitative estimate of drug-likeness (QED) is 0.567. The van der Waals surface area contributed by atoms with E-state index in [9.17, 15) is 0 Å². The molecule has 1 saturated heterocycles. The second-order valence-corrected chi connectivity index (χ2v) is 11.8. The van der Waals surface area contributed by atoms with E-state index in [-0.39, 0.29) is 0 Å². The van der Waals surface area contributed by atoms with Gasteiger partial charge in [-0.25, -0.2) is 0 Å². The molecule has 5 aliphatic heterocycles. The van der Waals surface area contributed by atoms with Crippen LogP contribution in [-0.4, -0.2) is 37.3 Å². The molecule has 0 spiro atoms. The highest BCUT2D eigenvalue weighted by atomic mass is 32.3. The minimum absolute atomic E-state index is 0.439. The van der Waals surface area contributed by atoms with Crippen molar-refractivity contribution in [3.05, 3.63) is 27.1 Å². The van der Waals surface area contributed by atoms with Crippen molar-refractivity contribution in [2.45, 2.75) is 12.6 Å². The largest absolute Gasteiger partial charge is 0.447 e. The summed E-state index contributed by atoms with van der Waals surface area (Å²) < 4.78 is 28.4. The number of rotatable bonds is 0. The first-order valence-corrected chi connectivity index (χ1v) is 11.9. The van der Waals surface area contributed by atoms with Gasteiger partial charge < -0.3 is 18.9 Å². The van der Waals surface area contributed by atoms with Crippen LogP contribution in [0.4, 0.5) is 0 Å². The molecule has 5 rings (SSSR count). The summed E-state index contributed by atoms with van der Waals surface area (Å²) in [6.07, 6.45) is -0.877. The Labute approximate surface area is 153 Å². The van der Waals surface area contributed by atoms with Crippen molar-refractivity contribution in [1.82, 2.24) is 0 Å². The molecule has 5 heterocycles. The molecule has 0 aromatic carbocycles. The summed E-state index contributed by atoms with van der Waals surface area (Å²) >= 11 is 11.0. The van der Waals surface area contributed by atoms with E-state index in [4.69, 9.17) is 18.9 Å². The van der Waals surface area contributed by atoms with Crippen LogP contribution in [0.5, 0.6) is 0 Å². The first-order valence-electron chi connectivity index (χ1n) is 6.63. The highest BCUT2D eigenvalue weighted by Gasteiger charge is 2.42. The molecule has 0 amide bonds. The minimum Gasteiger partial charge on any atom is -0.447 e. The van der Waals surface area contributed by atoms with E-state index in [2.05, 4.69) is 0 Å². The first kappa shape index (κ1) is 15.1. The van der Waals surface area contributed by atoms with Crippen molar-refractivity contribution in [2.75, 3.05) is 24.7 Å². The molecule has 0 bridgehead atoms. The molecule has 4 nitrogen and oxygen atoms in total. The molecule has 0 N–H and O–H groups in total.